The van der Waals surface area contributed by atoms with Crippen LogP contribution < -0.4 is 10.6 Å². The highest BCUT2D eigenvalue weighted by Crippen LogP contribution is 2.36. The highest BCUT2D eigenvalue weighted by Gasteiger charge is 2.40. The van der Waals surface area contributed by atoms with E-state index in [0.29, 0.717) is 17.3 Å². The average Bonchev–Trinajstić information content (AvgIpc) is 2.84. The fourth-order valence-electron chi connectivity index (χ4n) is 2.72. The zero-order chi connectivity index (χ0) is 17.3. The number of nitrogens with zero attached hydrogens (tertiary/aromatic N) is 1. The van der Waals surface area contributed by atoms with Gasteiger partial charge >= 0.3 is 0 Å². The van der Waals surface area contributed by atoms with E-state index in [1.165, 1.54) is 22.2 Å². The second-order valence-electron chi connectivity index (χ2n) is 6.16. The number of hydrogen-bond acceptors (Lipinski definition) is 4. The zero-order valence-electron chi connectivity index (χ0n) is 13.7. The van der Waals surface area contributed by atoms with Crippen molar-refractivity contribution in [1.29, 1.82) is 0 Å². The summed E-state index contributed by atoms with van der Waals surface area (Å²) in [4.78, 5) is 27.2. The molecule has 4 nitrogen and oxygen atoms in total. The molecule has 0 saturated carbocycles. The number of anilines is 2. The van der Waals surface area contributed by atoms with E-state index in [1.807, 2.05) is 42.5 Å². The van der Waals surface area contributed by atoms with E-state index < -0.39 is 5.25 Å². The number of carbonyl (C=O) groups excluding carboxylic acids is 2. The molecule has 2 aromatic carbocycles. The minimum absolute atomic E-state index is 0.163. The van der Waals surface area contributed by atoms with Gasteiger partial charge in [0.2, 0.25) is 11.8 Å². The Balaban J connectivity index is 1.80. The normalized spacial score (nSPS) is 17.8. The molecule has 1 saturated heterocycles. The molecular formula is C19H20N2O2S. The molecule has 3 rings (SSSR count). The van der Waals surface area contributed by atoms with Gasteiger partial charge in [-0.15, -0.1) is 11.8 Å². The number of imide groups is 1. The van der Waals surface area contributed by atoms with Crippen LogP contribution in [0.3, 0.4) is 0 Å². The van der Waals surface area contributed by atoms with Gasteiger partial charge < -0.3 is 5.73 Å². The van der Waals surface area contributed by atoms with Crippen LogP contribution in [0.25, 0.3) is 0 Å². The van der Waals surface area contributed by atoms with Gasteiger partial charge in [-0.25, -0.2) is 4.90 Å². The molecule has 2 amide bonds. The molecule has 124 valence electrons. The third-order valence-corrected chi connectivity index (χ3v) is 5.39. The molecule has 0 bridgehead atoms. The molecule has 1 aliphatic rings. The van der Waals surface area contributed by atoms with Crippen molar-refractivity contribution in [1.82, 2.24) is 0 Å². The van der Waals surface area contributed by atoms with Crippen LogP contribution in [-0.2, 0) is 9.59 Å². The minimum atomic E-state index is -0.424. The maximum atomic E-state index is 12.7. The van der Waals surface area contributed by atoms with Crippen molar-refractivity contribution in [2.45, 2.75) is 36.3 Å². The molecule has 0 radical (unpaired) electrons. The monoisotopic (exact) mass is 340 g/mol. The van der Waals surface area contributed by atoms with Crippen molar-refractivity contribution >= 4 is 35.0 Å². The van der Waals surface area contributed by atoms with Gasteiger partial charge in [0.05, 0.1) is 10.9 Å². The number of nitrogen functional groups attached to an aromatic ring is 1. The highest BCUT2D eigenvalue weighted by molar-refractivity contribution is 8.00. The van der Waals surface area contributed by atoms with Crippen molar-refractivity contribution in [3.63, 3.8) is 0 Å². The zero-order valence-corrected chi connectivity index (χ0v) is 14.5. The van der Waals surface area contributed by atoms with Gasteiger partial charge in [-0.3, -0.25) is 9.59 Å². The molecule has 1 aliphatic heterocycles. The summed E-state index contributed by atoms with van der Waals surface area (Å²) >= 11 is 1.36. The lowest BCUT2D eigenvalue weighted by Crippen LogP contribution is -2.31. The van der Waals surface area contributed by atoms with Crippen LogP contribution in [0.2, 0.25) is 0 Å². The second-order valence-corrected chi connectivity index (χ2v) is 7.41. The standard InChI is InChI=1S/C19H20N2O2S/c1-12(2)13-7-9-14(10-8-13)21-18(22)11-17(19(21)23)24-16-6-4-3-5-15(16)20/h3-10,12,17H,11,20H2,1-2H3/t17-/m0/s1. The Hall–Kier alpha value is -2.27. The first-order chi connectivity index (χ1) is 11.5. The van der Waals surface area contributed by atoms with Crippen LogP contribution in [0.1, 0.15) is 31.7 Å². The molecule has 1 atom stereocenters. The molecule has 24 heavy (non-hydrogen) atoms. The van der Waals surface area contributed by atoms with Crippen LogP contribution in [0.15, 0.2) is 53.4 Å². The molecule has 0 aliphatic carbocycles. The van der Waals surface area contributed by atoms with Gasteiger partial charge in [0.1, 0.15) is 0 Å². The third-order valence-electron chi connectivity index (χ3n) is 4.11. The summed E-state index contributed by atoms with van der Waals surface area (Å²) in [5.41, 5.74) is 8.38. The van der Waals surface area contributed by atoms with Crippen molar-refractivity contribution < 1.29 is 9.59 Å². The number of para-hydroxylation sites is 1. The quantitative estimate of drug-likeness (QED) is 0.679. The number of rotatable bonds is 4. The molecule has 0 aromatic heterocycles. The fraction of sp³-hybridized carbons (Fsp3) is 0.263. The summed E-state index contributed by atoms with van der Waals surface area (Å²) in [6.45, 7) is 4.22. The van der Waals surface area contributed by atoms with E-state index in [0.717, 1.165) is 4.90 Å². The van der Waals surface area contributed by atoms with E-state index in [2.05, 4.69) is 13.8 Å². The van der Waals surface area contributed by atoms with E-state index in [-0.39, 0.29) is 18.2 Å². The summed E-state index contributed by atoms with van der Waals surface area (Å²) in [6, 6.07) is 15.0. The highest BCUT2D eigenvalue weighted by atomic mass is 32.2. The Bertz CT molecular complexity index is 771. The van der Waals surface area contributed by atoms with Crippen molar-refractivity contribution in [3.8, 4) is 0 Å². The van der Waals surface area contributed by atoms with E-state index in [1.54, 1.807) is 6.07 Å². The maximum Gasteiger partial charge on any atom is 0.247 e. The largest absolute Gasteiger partial charge is 0.398 e. The first kappa shape index (κ1) is 16.6. The summed E-state index contributed by atoms with van der Waals surface area (Å²) in [7, 11) is 0. The molecule has 0 spiro atoms. The molecule has 1 fully saturated rings. The number of carbonyl (C=O) groups is 2. The predicted molar refractivity (Wildman–Crippen MR) is 98.1 cm³/mol. The lowest BCUT2D eigenvalue weighted by Gasteiger charge is -2.16. The molecule has 0 unspecified atom stereocenters. The maximum absolute atomic E-state index is 12.7. The molecule has 2 aromatic rings. The van der Waals surface area contributed by atoms with Gasteiger partial charge in [-0.1, -0.05) is 38.1 Å². The Morgan fingerprint density at radius 3 is 2.38 bits per heavy atom. The first-order valence-electron chi connectivity index (χ1n) is 7.95. The lowest BCUT2D eigenvalue weighted by molar-refractivity contribution is -0.121. The molecule has 2 N–H and O–H groups in total. The Kier molecular flexibility index (Phi) is 4.62. The van der Waals surface area contributed by atoms with Crippen LogP contribution in [0, 0.1) is 0 Å². The SMILES string of the molecule is CC(C)c1ccc(N2C(=O)C[C@H](Sc3ccccc3N)C2=O)cc1. The van der Waals surface area contributed by atoms with Crippen molar-refractivity contribution in [2.24, 2.45) is 0 Å². The van der Waals surface area contributed by atoms with Gasteiger partial charge in [-0.05, 0) is 35.7 Å². The number of nitrogens with two attached hydrogens (primary N) is 1. The van der Waals surface area contributed by atoms with Gasteiger partial charge in [0.15, 0.2) is 0 Å². The Morgan fingerprint density at radius 1 is 1.08 bits per heavy atom. The topological polar surface area (TPSA) is 63.4 Å². The fourth-order valence-corrected chi connectivity index (χ4v) is 3.82. The van der Waals surface area contributed by atoms with Crippen molar-refractivity contribution in [3.05, 3.63) is 54.1 Å². The lowest BCUT2D eigenvalue weighted by atomic mass is 10.0. The van der Waals surface area contributed by atoms with Crippen LogP contribution in [0.4, 0.5) is 11.4 Å². The smallest absolute Gasteiger partial charge is 0.247 e. The summed E-state index contributed by atoms with van der Waals surface area (Å²) in [5.74, 6) is 0.0724. The second kappa shape index (κ2) is 6.69. The number of benzene rings is 2. The average molecular weight is 340 g/mol. The van der Waals surface area contributed by atoms with E-state index >= 15 is 0 Å². The number of hydrogen-bond donors (Lipinski definition) is 1. The Morgan fingerprint density at radius 2 is 1.75 bits per heavy atom. The number of amides is 2. The predicted octanol–water partition coefficient (Wildman–Crippen LogP) is 3.82. The van der Waals surface area contributed by atoms with E-state index in [9.17, 15) is 9.59 Å². The van der Waals surface area contributed by atoms with E-state index in [4.69, 9.17) is 5.73 Å². The first-order valence-corrected chi connectivity index (χ1v) is 8.83. The third kappa shape index (κ3) is 3.17. The molecule has 1 heterocycles. The van der Waals surface area contributed by atoms with Gasteiger partial charge in [0.25, 0.3) is 0 Å². The minimum Gasteiger partial charge on any atom is -0.398 e. The molecular weight excluding hydrogens is 320 g/mol. The Labute approximate surface area is 146 Å². The summed E-state index contributed by atoms with van der Waals surface area (Å²) in [6.07, 6.45) is 0.198. The van der Waals surface area contributed by atoms with Crippen LogP contribution >= 0.6 is 11.8 Å². The summed E-state index contributed by atoms with van der Waals surface area (Å²) in [5, 5.41) is -0.424. The summed E-state index contributed by atoms with van der Waals surface area (Å²) < 4.78 is 0. The van der Waals surface area contributed by atoms with Crippen molar-refractivity contribution in [2.75, 3.05) is 10.6 Å². The number of thioether (sulfide) groups is 1. The van der Waals surface area contributed by atoms with Gasteiger partial charge in [-0.2, -0.15) is 0 Å². The van der Waals surface area contributed by atoms with Gasteiger partial charge in [0, 0.05) is 17.0 Å². The molecule has 5 heteroatoms. The van der Waals surface area contributed by atoms with Crippen LogP contribution in [-0.4, -0.2) is 17.1 Å². The van der Waals surface area contributed by atoms with Crippen LogP contribution in [0.5, 0.6) is 0 Å².